The van der Waals surface area contributed by atoms with Crippen molar-refractivity contribution in [3.05, 3.63) is 29.8 Å². The normalized spacial score (nSPS) is 11.7. The molecule has 0 aromatic heterocycles. The first-order valence-corrected chi connectivity index (χ1v) is 6.53. The van der Waals surface area contributed by atoms with Crippen LogP contribution < -0.4 is 5.32 Å². The number of nitrogens with one attached hydrogen (secondary N) is 1. The molecular weight excluding hydrogens is 242 g/mol. The van der Waals surface area contributed by atoms with Gasteiger partial charge in [0.2, 0.25) is 5.91 Å². The van der Waals surface area contributed by atoms with Crippen molar-refractivity contribution in [1.82, 2.24) is 0 Å². The fourth-order valence-corrected chi connectivity index (χ4v) is 1.67. The van der Waals surface area contributed by atoms with Crippen molar-refractivity contribution in [2.45, 2.75) is 39.0 Å². The number of methoxy groups -OCH3 is 1. The van der Waals surface area contributed by atoms with Crippen molar-refractivity contribution in [3.8, 4) is 0 Å². The van der Waals surface area contributed by atoms with Crippen LogP contribution in [0.3, 0.4) is 0 Å². The summed E-state index contributed by atoms with van der Waals surface area (Å²) in [5.74, 6) is -0.0342. The Morgan fingerprint density at radius 2 is 1.84 bits per heavy atom. The Morgan fingerprint density at radius 3 is 2.37 bits per heavy atom. The van der Waals surface area contributed by atoms with Gasteiger partial charge in [-0.3, -0.25) is 9.59 Å². The van der Waals surface area contributed by atoms with Gasteiger partial charge >= 0.3 is 5.97 Å². The highest BCUT2D eigenvalue weighted by atomic mass is 16.5. The highest BCUT2D eigenvalue weighted by Gasteiger charge is 2.07. The fraction of sp³-hybridized carbons (Fsp3) is 0.467. The predicted molar refractivity (Wildman–Crippen MR) is 75.0 cm³/mol. The molecule has 0 aliphatic heterocycles. The van der Waals surface area contributed by atoms with Crippen LogP contribution in [0.2, 0.25) is 0 Å². The average Bonchev–Trinajstić information content (AvgIpc) is 2.44. The molecule has 1 aromatic rings. The Kier molecular flexibility index (Phi) is 6.06. The summed E-state index contributed by atoms with van der Waals surface area (Å²) in [7, 11) is 1.31. The molecule has 0 saturated heterocycles. The summed E-state index contributed by atoms with van der Waals surface area (Å²) in [6, 6.07) is 7.81. The number of hydrogen-bond acceptors (Lipinski definition) is 3. The van der Waals surface area contributed by atoms with E-state index in [1.165, 1.54) is 12.7 Å². The van der Waals surface area contributed by atoms with Crippen molar-refractivity contribution in [3.63, 3.8) is 0 Å². The number of esters is 1. The molecule has 4 nitrogen and oxygen atoms in total. The third-order valence-electron chi connectivity index (χ3n) is 3.16. The number of amides is 1. The molecule has 1 atom stereocenters. The number of hydrogen-bond donors (Lipinski definition) is 1. The van der Waals surface area contributed by atoms with Gasteiger partial charge in [0.05, 0.1) is 13.5 Å². The third-order valence-corrected chi connectivity index (χ3v) is 3.16. The van der Waals surface area contributed by atoms with Crippen LogP contribution in [-0.2, 0) is 14.3 Å². The highest BCUT2D eigenvalue weighted by molar-refractivity contribution is 5.92. The van der Waals surface area contributed by atoms with E-state index < -0.39 is 0 Å². The summed E-state index contributed by atoms with van der Waals surface area (Å²) >= 11 is 0. The maximum Gasteiger partial charge on any atom is 0.306 e. The molecule has 0 fully saturated rings. The zero-order chi connectivity index (χ0) is 14.3. The van der Waals surface area contributed by atoms with E-state index in [1.54, 1.807) is 0 Å². The zero-order valence-corrected chi connectivity index (χ0v) is 11.7. The summed E-state index contributed by atoms with van der Waals surface area (Å²) in [6.45, 7) is 4.32. The Labute approximate surface area is 114 Å². The largest absolute Gasteiger partial charge is 0.469 e. The number of carbonyl (C=O) groups is 2. The van der Waals surface area contributed by atoms with Gasteiger partial charge in [0.25, 0.3) is 0 Å². The van der Waals surface area contributed by atoms with Crippen molar-refractivity contribution in [2.75, 3.05) is 12.4 Å². The van der Waals surface area contributed by atoms with Gasteiger partial charge in [0.1, 0.15) is 0 Å². The Morgan fingerprint density at radius 1 is 1.21 bits per heavy atom. The van der Waals surface area contributed by atoms with Gasteiger partial charge in [-0.2, -0.15) is 0 Å². The lowest BCUT2D eigenvalue weighted by Crippen LogP contribution is -2.13. The van der Waals surface area contributed by atoms with Gasteiger partial charge in [-0.1, -0.05) is 26.0 Å². The van der Waals surface area contributed by atoms with Gasteiger partial charge in [0, 0.05) is 12.1 Å². The minimum atomic E-state index is -0.373. The molecule has 0 bridgehead atoms. The van der Waals surface area contributed by atoms with Gasteiger partial charge in [-0.15, -0.1) is 0 Å². The standard InChI is InChI=1S/C15H21NO3/c1-4-11(2)12-5-7-13(8-6-12)16-14(17)9-10-15(18)19-3/h5-8,11H,4,9-10H2,1-3H3,(H,16,17). The first-order chi connectivity index (χ1) is 9.06. The van der Waals surface area contributed by atoms with Crippen LogP contribution >= 0.6 is 0 Å². The summed E-state index contributed by atoms with van der Waals surface area (Å²) < 4.78 is 4.49. The Hall–Kier alpha value is -1.84. The molecule has 0 aliphatic carbocycles. The monoisotopic (exact) mass is 263 g/mol. The lowest BCUT2D eigenvalue weighted by molar-refractivity contribution is -0.141. The number of anilines is 1. The van der Waals surface area contributed by atoms with Crippen LogP contribution in [0.5, 0.6) is 0 Å². The molecule has 104 valence electrons. The van der Waals surface area contributed by atoms with Crippen molar-refractivity contribution in [1.29, 1.82) is 0 Å². The Bertz CT molecular complexity index is 426. The molecule has 1 unspecified atom stereocenters. The summed E-state index contributed by atoms with van der Waals surface area (Å²) in [4.78, 5) is 22.5. The highest BCUT2D eigenvalue weighted by Crippen LogP contribution is 2.20. The van der Waals surface area contributed by atoms with Gasteiger partial charge in [-0.05, 0) is 30.0 Å². The van der Waals surface area contributed by atoms with E-state index in [-0.39, 0.29) is 24.7 Å². The SMILES string of the molecule is CCC(C)c1ccc(NC(=O)CCC(=O)OC)cc1. The molecule has 0 saturated carbocycles. The quantitative estimate of drug-likeness (QED) is 0.802. The van der Waals surface area contributed by atoms with Crippen molar-refractivity contribution >= 4 is 17.6 Å². The van der Waals surface area contributed by atoms with Gasteiger partial charge < -0.3 is 10.1 Å². The average molecular weight is 263 g/mol. The zero-order valence-electron chi connectivity index (χ0n) is 11.7. The molecule has 1 N–H and O–H groups in total. The smallest absolute Gasteiger partial charge is 0.306 e. The maximum absolute atomic E-state index is 11.6. The summed E-state index contributed by atoms with van der Waals surface area (Å²) in [5.41, 5.74) is 2.01. The van der Waals surface area contributed by atoms with Crippen LogP contribution in [-0.4, -0.2) is 19.0 Å². The number of benzene rings is 1. The minimum absolute atomic E-state index is 0.104. The van der Waals surface area contributed by atoms with E-state index in [1.807, 2.05) is 24.3 Å². The third kappa shape index (κ3) is 5.12. The lowest BCUT2D eigenvalue weighted by atomic mass is 9.99. The molecule has 0 radical (unpaired) electrons. The van der Waals surface area contributed by atoms with E-state index in [0.29, 0.717) is 5.92 Å². The molecule has 0 aliphatic rings. The number of ether oxygens (including phenoxy) is 1. The maximum atomic E-state index is 11.6. The lowest BCUT2D eigenvalue weighted by Gasteiger charge is -2.10. The summed E-state index contributed by atoms with van der Waals surface area (Å²) in [6.07, 6.45) is 1.33. The van der Waals surface area contributed by atoms with Crippen LogP contribution in [0.15, 0.2) is 24.3 Å². The number of rotatable bonds is 6. The van der Waals surface area contributed by atoms with E-state index in [2.05, 4.69) is 23.9 Å². The molecule has 19 heavy (non-hydrogen) atoms. The van der Waals surface area contributed by atoms with Crippen molar-refractivity contribution in [2.24, 2.45) is 0 Å². The van der Waals surface area contributed by atoms with Crippen LogP contribution in [0.4, 0.5) is 5.69 Å². The second-order valence-electron chi connectivity index (χ2n) is 4.56. The second-order valence-corrected chi connectivity index (χ2v) is 4.56. The van der Waals surface area contributed by atoms with E-state index in [0.717, 1.165) is 12.1 Å². The minimum Gasteiger partial charge on any atom is -0.469 e. The van der Waals surface area contributed by atoms with Gasteiger partial charge in [0.15, 0.2) is 0 Å². The summed E-state index contributed by atoms with van der Waals surface area (Å²) in [5, 5.41) is 2.76. The molecular formula is C15H21NO3. The number of carbonyl (C=O) groups excluding carboxylic acids is 2. The van der Waals surface area contributed by atoms with E-state index >= 15 is 0 Å². The topological polar surface area (TPSA) is 55.4 Å². The van der Waals surface area contributed by atoms with E-state index in [9.17, 15) is 9.59 Å². The molecule has 1 rings (SSSR count). The fourth-order valence-electron chi connectivity index (χ4n) is 1.67. The second kappa shape index (κ2) is 7.56. The molecule has 1 aromatic carbocycles. The predicted octanol–water partition coefficient (Wildman–Crippen LogP) is 3.09. The van der Waals surface area contributed by atoms with Gasteiger partial charge in [-0.25, -0.2) is 0 Å². The molecule has 0 spiro atoms. The van der Waals surface area contributed by atoms with Crippen LogP contribution in [0.25, 0.3) is 0 Å². The Balaban J connectivity index is 2.49. The molecule has 1 amide bonds. The van der Waals surface area contributed by atoms with Crippen LogP contribution in [0, 0.1) is 0 Å². The first-order valence-electron chi connectivity index (χ1n) is 6.53. The first kappa shape index (κ1) is 15.2. The van der Waals surface area contributed by atoms with Crippen molar-refractivity contribution < 1.29 is 14.3 Å². The molecule has 4 heteroatoms. The molecule has 0 heterocycles. The van der Waals surface area contributed by atoms with E-state index in [4.69, 9.17) is 0 Å². The van der Waals surface area contributed by atoms with Crippen LogP contribution in [0.1, 0.15) is 44.6 Å².